The Hall–Kier alpha value is -1.99. The van der Waals surface area contributed by atoms with Gasteiger partial charge in [-0.05, 0) is 27.1 Å². The van der Waals surface area contributed by atoms with E-state index in [9.17, 15) is 9.59 Å². The first-order chi connectivity index (χ1) is 9.60. The van der Waals surface area contributed by atoms with E-state index in [1.165, 1.54) is 17.1 Å². The van der Waals surface area contributed by atoms with Crippen molar-refractivity contribution in [3.05, 3.63) is 62.7 Å². The zero-order chi connectivity index (χ0) is 14.5. The molecule has 0 fully saturated rings. The Morgan fingerprint density at radius 3 is 2.60 bits per heavy atom. The van der Waals surface area contributed by atoms with Crippen LogP contribution in [0.2, 0.25) is 0 Å². The average Bonchev–Trinajstić information content (AvgIpc) is 2.46. The summed E-state index contributed by atoms with van der Waals surface area (Å²) in [6.45, 7) is 0.425. The van der Waals surface area contributed by atoms with E-state index in [1.54, 1.807) is 0 Å². The second-order valence-electron chi connectivity index (χ2n) is 4.24. The molecule has 3 N–H and O–H groups in total. The number of aromatic nitrogens is 2. The van der Waals surface area contributed by atoms with Crippen molar-refractivity contribution < 1.29 is 4.79 Å². The van der Waals surface area contributed by atoms with Gasteiger partial charge in [0, 0.05) is 6.20 Å². The number of halogens is 1. The van der Waals surface area contributed by atoms with Gasteiger partial charge in [-0.3, -0.25) is 19.6 Å². The Kier molecular flexibility index (Phi) is 4.65. The Morgan fingerprint density at radius 1 is 1.30 bits per heavy atom. The molecule has 0 aliphatic rings. The lowest BCUT2D eigenvalue weighted by molar-refractivity contribution is -0.120. The third kappa shape index (κ3) is 3.52. The fourth-order valence-corrected chi connectivity index (χ4v) is 2.08. The second kappa shape index (κ2) is 6.44. The van der Waals surface area contributed by atoms with E-state index < -0.39 is 0 Å². The van der Waals surface area contributed by atoms with E-state index in [4.69, 9.17) is 5.84 Å². The molecule has 0 unspecified atom stereocenters. The van der Waals surface area contributed by atoms with Crippen LogP contribution in [0, 0.1) is 0 Å². The summed E-state index contributed by atoms with van der Waals surface area (Å²) in [4.78, 5) is 26.9. The number of hydrazine groups is 1. The van der Waals surface area contributed by atoms with Gasteiger partial charge in [0.25, 0.3) is 5.56 Å². The molecule has 0 spiro atoms. The van der Waals surface area contributed by atoms with Gasteiger partial charge >= 0.3 is 0 Å². The average molecular weight is 337 g/mol. The highest BCUT2D eigenvalue weighted by atomic mass is 79.9. The van der Waals surface area contributed by atoms with E-state index in [-0.39, 0.29) is 17.9 Å². The van der Waals surface area contributed by atoms with Crippen molar-refractivity contribution in [1.29, 1.82) is 0 Å². The molecule has 0 aliphatic carbocycles. The van der Waals surface area contributed by atoms with Crippen LogP contribution in [0.4, 0.5) is 0 Å². The molecule has 0 saturated heterocycles. The van der Waals surface area contributed by atoms with Crippen molar-refractivity contribution in [2.75, 3.05) is 0 Å². The zero-order valence-corrected chi connectivity index (χ0v) is 12.1. The maximum Gasteiger partial charge on any atom is 0.267 e. The lowest BCUT2D eigenvalue weighted by Crippen LogP contribution is -2.31. The molecule has 1 aromatic heterocycles. The minimum Gasteiger partial charge on any atom is -0.294 e. The van der Waals surface area contributed by atoms with E-state index in [1.807, 2.05) is 24.3 Å². The Labute approximate surface area is 123 Å². The van der Waals surface area contributed by atoms with Gasteiger partial charge in [0.1, 0.15) is 4.47 Å². The highest BCUT2D eigenvalue weighted by molar-refractivity contribution is 9.10. The first-order valence-electron chi connectivity index (χ1n) is 5.87. The summed E-state index contributed by atoms with van der Waals surface area (Å²) < 4.78 is 1.93. The highest BCUT2D eigenvalue weighted by Gasteiger charge is 2.04. The molecule has 0 aliphatic heterocycles. The first kappa shape index (κ1) is 14.4. The molecule has 2 rings (SSSR count). The largest absolute Gasteiger partial charge is 0.294 e. The molecule has 0 saturated carbocycles. The quantitative estimate of drug-likeness (QED) is 0.485. The number of nitrogens with zero attached hydrogens (tertiary/aromatic N) is 2. The maximum atomic E-state index is 11.8. The van der Waals surface area contributed by atoms with Gasteiger partial charge in [-0.2, -0.15) is 0 Å². The molecule has 2 aromatic rings. The topological polar surface area (TPSA) is 90.0 Å². The number of carbonyl (C=O) groups is 1. The molecule has 1 heterocycles. The molecule has 0 atom stereocenters. The number of nitrogens with one attached hydrogen (secondary N) is 1. The summed E-state index contributed by atoms with van der Waals surface area (Å²) in [5.74, 6) is 4.79. The number of rotatable bonds is 4. The van der Waals surface area contributed by atoms with Gasteiger partial charge in [0.2, 0.25) is 5.91 Å². The van der Waals surface area contributed by atoms with Crippen molar-refractivity contribution in [2.45, 2.75) is 13.0 Å². The van der Waals surface area contributed by atoms with E-state index in [0.717, 1.165) is 11.1 Å². The predicted molar refractivity (Wildman–Crippen MR) is 77.8 cm³/mol. The standard InChI is InChI=1S/C13H13BrN4O2/c14-11-6-16-8-18(13(11)20)7-10-3-1-9(2-4-10)5-12(19)17-15/h1-4,6,8H,5,7,15H2,(H,17,19). The molecular weight excluding hydrogens is 324 g/mol. The van der Waals surface area contributed by atoms with Gasteiger partial charge in [-0.1, -0.05) is 24.3 Å². The van der Waals surface area contributed by atoms with Gasteiger partial charge in [-0.15, -0.1) is 0 Å². The van der Waals surface area contributed by atoms with Crippen molar-refractivity contribution in [3.63, 3.8) is 0 Å². The number of amides is 1. The SMILES string of the molecule is NNC(=O)Cc1ccc(Cn2cncc(Br)c2=O)cc1. The molecule has 1 aromatic carbocycles. The van der Waals surface area contributed by atoms with Gasteiger partial charge in [0.15, 0.2) is 0 Å². The lowest BCUT2D eigenvalue weighted by atomic mass is 10.1. The molecule has 104 valence electrons. The summed E-state index contributed by atoms with van der Waals surface area (Å²) in [6, 6.07) is 7.40. The number of hydrogen-bond acceptors (Lipinski definition) is 4. The monoisotopic (exact) mass is 336 g/mol. The fourth-order valence-electron chi connectivity index (χ4n) is 1.73. The zero-order valence-electron chi connectivity index (χ0n) is 10.5. The second-order valence-corrected chi connectivity index (χ2v) is 5.09. The lowest BCUT2D eigenvalue weighted by Gasteiger charge is -2.06. The van der Waals surface area contributed by atoms with Gasteiger partial charge in [0.05, 0.1) is 19.3 Å². The van der Waals surface area contributed by atoms with Crippen molar-refractivity contribution in [3.8, 4) is 0 Å². The van der Waals surface area contributed by atoms with E-state index in [0.29, 0.717) is 11.0 Å². The molecule has 0 radical (unpaired) electrons. The fraction of sp³-hybridized carbons (Fsp3) is 0.154. The van der Waals surface area contributed by atoms with Crippen molar-refractivity contribution in [1.82, 2.24) is 15.0 Å². The minimum atomic E-state index is -0.245. The molecule has 7 heteroatoms. The molecular formula is C13H13BrN4O2. The molecule has 6 nitrogen and oxygen atoms in total. The minimum absolute atomic E-state index is 0.133. The van der Waals surface area contributed by atoms with Crippen molar-refractivity contribution >= 4 is 21.8 Å². The Morgan fingerprint density at radius 2 is 1.95 bits per heavy atom. The summed E-state index contributed by atoms with van der Waals surface area (Å²) in [5.41, 5.74) is 3.76. The molecule has 1 amide bonds. The van der Waals surface area contributed by atoms with Crippen LogP contribution in [-0.4, -0.2) is 15.5 Å². The smallest absolute Gasteiger partial charge is 0.267 e. The number of benzene rings is 1. The van der Waals surface area contributed by atoms with Crippen LogP contribution in [0.3, 0.4) is 0 Å². The summed E-state index contributed by atoms with van der Waals surface area (Å²) in [7, 11) is 0. The summed E-state index contributed by atoms with van der Waals surface area (Å²) in [6.07, 6.45) is 3.19. The number of carbonyl (C=O) groups excluding carboxylic acids is 1. The Bertz CT molecular complexity index is 667. The molecule has 0 bridgehead atoms. The molecule has 20 heavy (non-hydrogen) atoms. The van der Waals surface area contributed by atoms with Gasteiger partial charge in [-0.25, -0.2) is 10.8 Å². The number of nitrogens with two attached hydrogens (primary N) is 1. The third-order valence-corrected chi connectivity index (χ3v) is 3.30. The normalized spacial score (nSPS) is 10.3. The van der Waals surface area contributed by atoms with Gasteiger partial charge < -0.3 is 0 Å². The highest BCUT2D eigenvalue weighted by Crippen LogP contribution is 2.07. The third-order valence-electron chi connectivity index (χ3n) is 2.76. The maximum absolute atomic E-state index is 11.8. The van der Waals surface area contributed by atoms with Crippen LogP contribution >= 0.6 is 15.9 Å². The first-order valence-corrected chi connectivity index (χ1v) is 6.66. The number of hydrogen-bond donors (Lipinski definition) is 2. The van der Waals surface area contributed by atoms with Crippen molar-refractivity contribution in [2.24, 2.45) is 5.84 Å². The Balaban J connectivity index is 2.13. The van der Waals surface area contributed by atoms with Crippen LogP contribution in [0.25, 0.3) is 0 Å². The van der Waals surface area contributed by atoms with Crippen LogP contribution in [0.5, 0.6) is 0 Å². The van der Waals surface area contributed by atoms with Crippen LogP contribution in [0.1, 0.15) is 11.1 Å². The predicted octanol–water partition coefficient (Wildman–Crippen LogP) is 0.586. The van der Waals surface area contributed by atoms with E-state index in [2.05, 4.69) is 26.3 Å². The van der Waals surface area contributed by atoms with Crippen LogP contribution in [-0.2, 0) is 17.8 Å². The summed E-state index contributed by atoms with van der Waals surface area (Å²) >= 11 is 3.15. The van der Waals surface area contributed by atoms with Crippen LogP contribution < -0.4 is 16.8 Å². The van der Waals surface area contributed by atoms with Crippen LogP contribution in [0.15, 0.2) is 46.1 Å². The van der Waals surface area contributed by atoms with E-state index >= 15 is 0 Å². The summed E-state index contributed by atoms with van der Waals surface area (Å²) in [5, 5.41) is 0.